The van der Waals surface area contributed by atoms with Gasteiger partial charge in [-0.05, 0) is 52.3 Å². The number of fused-ring (bicyclic) bond motifs is 2. The molecule has 9 heteroatoms. The molecule has 0 spiro atoms. The van der Waals surface area contributed by atoms with Crippen molar-refractivity contribution in [2.45, 2.75) is 6.54 Å². The van der Waals surface area contributed by atoms with Crippen LogP contribution in [0.3, 0.4) is 0 Å². The molecule has 0 atom stereocenters. The standard InChI is InChI=1S/C21H15BrFN7/c22-19-18(11-26-15-3-5-25-6-4-15)29-21-16(10-28-30(21)20(19)24)13-7-12-8-14(23)1-2-17(12)27-9-13/h1-10H,11,24H2,(H,25,26). The molecule has 0 radical (unpaired) electrons. The van der Waals surface area contributed by atoms with Crippen LogP contribution in [0.15, 0.2) is 65.7 Å². The maximum Gasteiger partial charge on any atom is 0.165 e. The first-order valence-corrected chi connectivity index (χ1v) is 9.90. The Balaban J connectivity index is 1.59. The van der Waals surface area contributed by atoms with Crippen LogP contribution in [0.25, 0.3) is 27.7 Å². The molecule has 0 saturated heterocycles. The van der Waals surface area contributed by atoms with Crippen LogP contribution < -0.4 is 11.1 Å². The van der Waals surface area contributed by atoms with Crippen molar-refractivity contribution in [2.24, 2.45) is 0 Å². The lowest BCUT2D eigenvalue weighted by molar-refractivity contribution is 0.629. The summed E-state index contributed by atoms with van der Waals surface area (Å²) in [6.45, 7) is 0.455. The van der Waals surface area contributed by atoms with Gasteiger partial charge in [-0.3, -0.25) is 9.97 Å². The van der Waals surface area contributed by atoms with Crippen molar-refractivity contribution in [2.75, 3.05) is 11.1 Å². The fraction of sp³-hybridized carbons (Fsp3) is 0.0476. The van der Waals surface area contributed by atoms with Crippen LogP contribution in [0, 0.1) is 5.82 Å². The van der Waals surface area contributed by atoms with Gasteiger partial charge in [-0.25, -0.2) is 9.37 Å². The van der Waals surface area contributed by atoms with Gasteiger partial charge in [0.15, 0.2) is 5.65 Å². The number of halogens is 2. The SMILES string of the molecule is Nc1c(Br)c(CNc2ccncc2)nc2c(-c3cnc4ccc(F)cc4c3)cnn12. The second-order valence-corrected chi connectivity index (χ2v) is 7.49. The third-order valence-corrected chi connectivity index (χ3v) is 5.65. The zero-order valence-electron chi connectivity index (χ0n) is 15.5. The maximum atomic E-state index is 13.6. The number of nitrogen functional groups attached to an aromatic ring is 1. The van der Waals surface area contributed by atoms with E-state index in [-0.39, 0.29) is 5.82 Å². The van der Waals surface area contributed by atoms with Crippen molar-refractivity contribution in [1.29, 1.82) is 0 Å². The molecule has 7 nitrogen and oxygen atoms in total. The van der Waals surface area contributed by atoms with Crippen molar-refractivity contribution in [3.05, 3.63) is 77.2 Å². The van der Waals surface area contributed by atoms with Crippen molar-refractivity contribution in [3.63, 3.8) is 0 Å². The Morgan fingerprint density at radius 1 is 1.10 bits per heavy atom. The summed E-state index contributed by atoms with van der Waals surface area (Å²) in [5.41, 5.74) is 10.8. The average molecular weight is 464 g/mol. The zero-order chi connectivity index (χ0) is 20.7. The zero-order valence-corrected chi connectivity index (χ0v) is 17.1. The summed E-state index contributed by atoms with van der Waals surface area (Å²) < 4.78 is 15.9. The van der Waals surface area contributed by atoms with Crippen LogP contribution in [-0.2, 0) is 6.54 Å². The van der Waals surface area contributed by atoms with Gasteiger partial charge in [0.05, 0.1) is 28.4 Å². The number of pyridine rings is 2. The molecule has 3 N–H and O–H groups in total. The smallest absolute Gasteiger partial charge is 0.165 e. The Labute approximate surface area is 178 Å². The van der Waals surface area contributed by atoms with Crippen LogP contribution >= 0.6 is 15.9 Å². The largest absolute Gasteiger partial charge is 0.383 e. The van der Waals surface area contributed by atoms with Gasteiger partial charge < -0.3 is 11.1 Å². The Hall–Kier alpha value is -3.59. The van der Waals surface area contributed by atoms with Crippen molar-refractivity contribution >= 4 is 44.0 Å². The highest BCUT2D eigenvalue weighted by atomic mass is 79.9. The molecule has 148 valence electrons. The molecule has 1 aromatic carbocycles. The Morgan fingerprint density at radius 3 is 2.77 bits per heavy atom. The molecule has 5 rings (SSSR count). The van der Waals surface area contributed by atoms with E-state index in [0.717, 1.165) is 22.5 Å². The van der Waals surface area contributed by atoms with Gasteiger partial charge >= 0.3 is 0 Å². The lowest BCUT2D eigenvalue weighted by atomic mass is 10.1. The summed E-state index contributed by atoms with van der Waals surface area (Å²) in [5, 5.41) is 8.39. The monoisotopic (exact) mass is 463 g/mol. The molecular formula is C21H15BrFN7. The van der Waals surface area contributed by atoms with Crippen LogP contribution in [-0.4, -0.2) is 24.6 Å². The van der Waals surface area contributed by atoms with Crippen molar-refractivity contribution in [1.82, 2.24) is 24.6 Å². The average Bonchev–Trinajstić information content (AvgIpc) is 3.19. The molecule has 0 aliphatic heterocycles. The molecule has 30 heavy (non-hydrogen) atoms. The lowest BCUT2D eigenvalue weighted by Gasteiger charge is -2.11. The van der Waals surface area contributed by atoms with Crippen LogP contribution in [0.4, 0.5) is 15.9 Å². The van der Waals surface area contributed by atoms with E-state index in [2.05, 4.69) is 36.3 Å². The first kappa shape index (κ1) is 18.4. The number of rotatable bonds is 4. The number of benzene rings is 1. The maximum absolute atomic E-state index is 13.6. The fourth-order valence-corrected chi connectivity index (χ4v) is 3.67. The number of nitrogens with one attached hydrogen (secondary N) is 1. The van der Waals surface area contributed by atoms with Gasteiger partial charge in [0.25, 0.3) is 0 Å². The Morgan fingerprint density at radius 2 is 1.93 bits per heavy atom. The van der Waals surface area contributed by atoms with E-state index in [1.165, 1.54) is 12.1 Å². The normalized spacial score (nSPS) is 11.3. The minimum absolute atomic E-state index is 0.308. The predicted molar refractivity (Wildman–Crippen MR) is 117 cm³/mol. The molecule has 4 heterocycles. The number of nitrogens with two attached hydrogens (primary N) is 1. The van der Waals surface area contributed by atoms with E-state index in [1.807, 2.05) is 18.2 Å². The first-order chi connectivity index (χ1) is 14.6. The molecule has 0 saturated carbocycles. The number of hydrogen-bond donors (Lipinski definition) is 2. The number of nitrogens with zero attached hydrogens (tertiary/aromatic N) is 5. The second-order valence-electron chi connectivity index (χ2n) is 6.70. The number of aromatic nitrogens is 5. The summed E-state index contributed by atoms with van der Waals surface area (Å²) >= 11 is 3.53. The van der Waals surface area contributed by atoms with E-state index in [0.29, 0.717) is 33.4 Å². The molecular weight excluding hydrogens is 449 g/mol. The summed E-state index contributed by atoms with van der Waals surface area (Å²) in [6, 6.07) is 10.1. The lowest BCUT2D eigenvalue weighted by Crippen LogP contribution is -2.09. The Kier molecular flexibility index (Phi) is 4.51. The van der Waals surface area contributed by atoms with E-state index in [1.54, 1.807) is 35.4 Å². The molecule has 0 amide bonds. The predicted octanol–water partition coefficient (Wildman–Crippen LogP) is 4.44. The Bertz CT molecular complexity index is 1390. The van der Waals surface area contributed by atoms with Crippen molar-refractivity contribution in [3.8, 4) is 11.1 Å². The molecule has 0 unspecified atom stereocenters. The van der Waals surface area contributed by atoms with Crippen LogP contribution in [0.5, 0.6) is 0 Å². The molecule has 0 aliphatic rings. The van der Waals surface area contributed by atoms with Crippen LogP contribution in [0.2, 0.25) is 0 Å². The summed E-state index contributed by atoms with van der Waals surface area (Å²) in [5.74, 6) is 0.134. The highest BCUT2D eigenvalue weighted by Gasteiger charge is 2.16. The van der Waals surface area contributed by atoms with Gasteiger partial charge in [-0.1, -0.05) is 0 Å². The number of hydrogen-bond acceptors (Lipinski definition) is 6. The minimum atomic E-state index is -0.308. The highest BCUT2D eigenvalue weighted by molar-refractivity contribution is 9.10. The van der Waals surface area contributed by atoms with Gasteiger partial charge in [-0.2, -0.15) is 9.61 Å². The third kappa shape index (κ3) is 3.22. The quantitative estimate of drug-likeness (QED) is 0.409. The van der Waals surface area contributed by atoms with Gasteiger partial charge in [0, 0.05) is 40.8 Å². The molecule has 0 aliphatic carbocycles. The van der Waals surface area contributed by atoms with Crippen molar-refractivity contribution < 1.29 is 4.39 Å². The van der Waals surface area contributed by atoms with E-state index in [4.69, 9.17) is 10.7 Å². The van der Waals surface area contributed by atoms with Gasteiger partial charge in [0.1, 0.15) is 11.6 Å². The van der Waals surface area contributed by atoms with Gasteiger partial charge in [0.2, 0.25) is 0 Å². The van der Waals surface area contributed by atoms with Crippen LogP contribution in [0.1, 0.15) is 5.69 Å². The number of anilines is 2. The third-order valence-electron chi connectivity index (χ3n) is 4.79. The topological polar surface area (TPSA) is 94.0 Å². The summed E-state index contributed by atoms with van der Waals surface area (Å²) in [6.07, 6.45) is 6.85. The molecule has 0 fully saturated rings. The summed E-state index contributed by atoms with van der Waals surface area (Å²) in [4.78, 5) is 13.2. The molecule has 0 bridgehead atoms. The van der Waals surface area contributed by atoms with Gasteiger partial charge in [-0.15, -0.1) is 0 Å². The second kappa shape index (κ2) is 7.34. The highest BCUT2D eigenvalue weighted by Crippen LogP contribution is 2.31. The first-order valence-electron chi connectivity index (χ1n) is 9.11. The molecule has 4 aromatic heterocycles. The summed E-state index contributed by atoms with van der Waals surface area (Å²) in [7, 11) is 0. The molecule has 5 aromatic rings. The van der Waals surface area contributed by atoms with E-state index < -0.39 is 0 Å². The fourth-order valence-electron chi connectivity index (χ4n) is 3.27. The minimum Gasteiger partial charge on any atom is -0.383 e. The van der Waals surface area contributed by atoms with E-state index >= 15 is 0 Å². The van der Waals surface area contributed by atoms with E-state index in [9.17, 15) is 4.39 Å².